The molecule has 2 unspecified atom stereocenters. The second-order valence-corrected chi connectivity index (χ2v) is 6.53. The molecule has 0 amide bonds. The van der Waals surface area contributed by atoms with E-state index in [2.05, 4.69) is 41.5 Å². The number of halogens is 1. The molecule has 0 fully saturated rings. The van der Waals surface area contributed by atoms with Crippen molar-refractivity contribution in [2.75, 3.05) is 0 Å². The Morgan fingerprint density at radius 3 is 1.77 bits per heavy atom. The van der Waals surface area contributed by atoms with E-state index >= 15 is 0 Å². The van der Waals surface area contributed by atoms with Gasteiger partial charge >= 0.3 is 0 Å². The van der Waals surface area contributed by atoms with Crippen LogP contribution in [-0.4, -0.2) is 4.87 Å². The molecule has 0 N–H and O–H groups in total. The van der Waals surface area contributed by atoms with Crippen LogP contribution in [0.1, 0.15) is 54.4 Å². The zero-order chi connectivity index (χ0) is 10.6. The van der Waals surface area contributed by atoms with E-state index in [1.165, 1.54) is 6.42 Å². The molecule has 0 heterocycles. The van der Waals surface area contributed by atoms with Gasteiger partial charge in [-0.05, 0) is 44.4 Å². The molecule has 0 bridgehead atoms. The van der Waals surface area contributed by atoms with Gasteiger partial charge in [0.2, 0.25) is 0 Å². The van der Waals surface area contributed by atoms with E-state index in [1.807, 2.05) is 0 Å². The maximum absolute atomic E-state index is 6.21. The van der Waals surface area contributed by atoms with Gasteiger partial charge in [-0.3, -0.25) is 0 Å². The van der Waals surface area contributed by atoms with E-state index in [4.69, 9.17) is 11.6 Å². The molecule has 13 heavy (non-hydrogen) atoms. The van der Waals surface area contributed by atoms with Crippen molar-refractivity contribution in [3.63, 3.8) is 0 Å². The molecular formula is C12H25Cl. The summed E-state index contributed by atoms with van der Waals surface area (Å²) in [5.41, 5.74) is 0. The molecule has 0 saturated carbocycles. The van der Waals surface area contributed by atoms with Gasteiger partial charge in [-0.15, -0.1) is 11.6 Å². The molecule has 0 aromatic carbocycles. The summed E-state index contributed by atoms with van der Waals surface area (Å²) in [6.45, 7) is 13.4. The van der Waals surface area contributed by atoms with Gasteiger partial charge in [-0.1, -0.05) is 27.7 Å². The maximum atomic E-state index is 6.21. The zero-order valence-corrected chi connectivity index (χ0v) is 10.8. The Bertz CT molecular complexity index is 133. The first-order chi connectivity index (χ1) is 5.72. The lowest BCUT2D eigenvalue weighted by atomic mass is 9.83. The van der Waals surface area contributed by atoms with E-state index in [1.54, 1.807) is 0 Å². The van der Waals surface area contributed by atoms with Gasteiger partial charge in [0, 0.05) is 4.87 Å². The first-order valence-corrected chi connectivity index (χ1v) is 5.79. The Morgan fingerprint density at radius 2 is 1.46 bits per heavy atom. The first kappa shape index (κ1) is 13.3. The highest BCUT2D eigenvalue weighted by Gasteiger charge is 2.21. The van der Waals surface area contributed by atoms with E-state index in [0.717, 1.165) is 24.2 Å². The average Bonchev–Trinajstić information content (AvgIpc) is 1.81. The van der Waals surface area contributed by atoms with Crippen LogP contribution in [0.3, 0.4) is 0 Å². The predicted molar refractivity (Wildman–Crippen MR) is 62.3 cm³/mol. The number of alkyl halides is 1. The molecule has 0 nitrogen and oxygen atoms in total. The fourth-order valence-electron chi connectivity index (χ4n) is 1.94. The molecular weight excluding hydrogens is 180 g/mol. The van der Waals surface area contributed by atoms with Crippen LogP contribution >= 0.6 is 11.6 Å². The standard InChI is InChI=1S/C12H25Cl/c1-9(2)7-10(3)11(4)8-12(5,6)13/h9-11H,7-8H2,1-6H3. The van der Waals surface area contributed by atoms with Crippen molar-refractivity contribution >= 4 is 11.6 Å². The van der Waals surface area contributed by atoms with Gasteiger partial charge < -0.3 is 0 Å². The molecule has 0 aliphatic rings. The SMILES string of the molecule is CC(C)CC(C)C(C)CC(C)(C)Cl. The lowest BCUT2D eigenvalue weighted by Crippen LogP contribution is -2.20. The van der Waals surface area contributed by atoms with Crippen LogP contribution in [0.25, 0.3) is 0 Å². The van der Waals surface area contributed by atoms with Crippen LogP contribution in [0.2, 0.25) is 0 Å². The first-order valence-electron chi connectivity index (χ1n) is 5.41. The van der Waals surface area contributed by atoms with E-state index in [-0.39, 0.29) is 4.87 Å². The zero-order valence-electron chi connectivity index (χ0n) is 10.0. The predicted octanol–water partition coefficient (Wildman–Crippen LogP) is 4.71. The minimum atomic E-state index is -0.0370. The van der Waals surface area contributed by atoms with Crippen molar-refractivity contribution in [3.05, 3.63) is 0 Å². The monoisotopic (exact) mass is 204 g/mol. The lowest BCUT2D eigenvalue weighted by Gasteiger charge is -2.27. The largest absolute Gasteiger partial charge is 0.120 e. The van der Waals surface area contributed by atoms with E-state index < -0.39 is 0 Å². The van der Waals surface area contributed by atoms with Gasteiger partial charge in [-0.2, -0.15) is 0 Å². The van der Waals surface area contributed by atoms with Gasteiger partial charge in [0.1, 0.15) is 0 Å². The van der Waals surface area contributed by atoms with Crippen molar-refractivity contribution < 1.29 is 0 Å². The quantitative estimate of drug-likeness (QED) is 0.569. The number of hydrogen-bond donors (Lipinski definition) is 0. The number of hydrogen-bond acceptors (Lipinski definition) is 0. The maximum Gasteiger partial charge on any atom is 0.0393 e. The molecule has 0 rings (SSSR count). The third kappa shape index (κ3) is 7.37. The summed E-state index contributed by atoms with van der Waals surface area (Å²) in [5.74, 6) is 2.32. The number of rotatable bonds is 5. The second-order valence-electron chi connectivity index (χ2n) is 5.51. The summed E-state index contributed by atoms with van der Waals surface area (Å²) in [5, 5.41) is 0. The van der Waals surface area contributed by atoms with Crippen LogP contribution in [0.5, 0.6) is 0 Å². The molecule has 80 valence electrons. The van der Waals surface area contributed by atoms with Crippen LogP contribution in [0.15, 0.2) is 0 Å². The van der Waals surface area contributed by atoms with Crippen LogP contribution in [-0.2, 0) is 0 Å². The van der Waals surface area contributed by atoms with Gasteiger partial charge in [-0.25, -0.2) is 0 Å². The average molecular weight is 205 g/mol. The molecule has 0 aromatic rings. The van der Waals surface area contributed by atoms with Crippen LogP contribution in [0, 0.1) is 17.8 Å². The molecule has 0 aliphatic heterocycles. The minimum Gasteiger partial charge on any atom is -0.120 e. The third-order valence-electron chi connectivity index (χ3n) is 2.62. The highest BCUT2D eigenvalue weighted by atomic mass is 35.5. The smallest absolute Gasteiger partial charge is 0.0393 e. The molecule has 0 aliphatic carbocycles. The molecule has 2 atom stereocenters. The minimum absolute atomic E-state index is 0.0370. The van der Waals surface area contributed by atoms with Crippen LogP contribution in [0.4, 0.5) is 0 Å². The molecule has 0 spiro atoms. The summed E-state index contributed by atoms with van der Waals surface area (Å²) in [6, 6.07) is 0. The summed E-state index contributed by atoms with van der Waals surface area (Å²) in [7, 11) is 0. The van der Waals surface area contributed by atoms with Crippen molar-refractivity contribution in [1.82, 2.24) is 0 Å². The fraction of sp³-hybridized carbons (Fsp3) is 1.00. The Kier molecular flexibility index (Phi) is 5.36. The Balaban J connectivity index is 3.89. The summed E-state index contributed by atoms with van der Waals surface area (Å²) >= 11 is 6.21. The van der Waals surface area contributed by atoms with Crippen LogP contribution < -0.4 is 0 Å². The Hall–Kier alpha value is 0.290. The second kappa shape index (κ2) is 5.24. The van der Waals surface area contributed by atoms with Gasteiger partial charge in [0.15, 0.2) is 0 Å². The van der Waals surface area contributed by atoms with Crippen molar-refractivity contribution in [1.29, 1.82) is 0 Å². The Morgan fingerprint density at radius 1 is 1.00 bits per heavy atom. The summed E-state index contributed by atoms with van der Waals surface area (Å²) < 4.78 is 0. The summed E-state index contributed by atoms with van der Waals surface area (Å²) in [6.07, 6.45) is 2.43. The van der Waals surface area contributed by atoms with Crippen molar-refractivity contribution in [2.45, 2.75) is 59.3 Å². The van der Waals surface area contributed by atoms with Crippen molar-refractivity contribution in [3.8, 4) is 0 Å². The highest BCUT2D eigenvalue weighted by molar-refractivity contribution is 6.23. The molecule has 0 saturated heterocycles. The topological polar surface area (TPSA) is 0 Å². The lowest BCUT2D eigenvalue weighted by molar-refractivity contribution is 0.290. The molecule has 0 aromatic heterocycles. The molecule has 0 radical (unpaired) electrons. The normalized spacial score (nSPS) is 17.5. The third-order valence-corrected chi connectivity index (χ3v) is 2.78. The highest BCUT2D eigenvalue weighted by Crippen LogP contribution is 2.30. The van der Waals surface area contributed by atoms with E-state index in [0.29, 0.717) is 0 Å². The fourth-order valence-corrected chi connectivity index (χ4v) is 2.19. The van der Waals surface area contributed by atoms with Crippen molar-refractivity contribution in [2.24, 2.45) is 17.8 Å². The molecule has 1 heteroatoms. The van der Waals surface area contributed by atoms with Gasteiger partial charge in [0.05, 0.1) is 0 Å². The Labute approximate surface area is 89.1 Å². The van der Waals surface area contributed by atoms with E-state index in [9.17, 15) is 0 Å². The van der Waals surface area contributed by atoms with Gasteiger partial charge in [0.25, 0.3) is 0 Å². The summed E-state index contributed by atoms with van der Waals surface area (Å²) in [4.78, 5) is -0.0370.